The van der Waals surface area contributed by atoms with E-state index < -0.39 is 22.8 Å². The first-order valence-corrected chi connectivity index (χ1v) is 8.71. The fourth-order valence-electron chi connectivity index (χ4n) is 3.98. The van der Waals surface area contributed by atoms with Crippen LogP contribution in [0.15, 0.2) is 54.6 Å². The van der Waals surface area contributed by atoms with E-state index in [4.69, 9.17) is 4.74 Å². The maximum Gasteiger partial charge on any atom is 0.195 e. The lowest BCUT2D eigenvalue weighted by atomic mass is 9.63. The molecule has 0 aliphatic heterocycles. The molecule has 2 aromatic rings. The molecule has 0 heterocycles. The summed E-state index contributed by atoms with van der Waals surface area (Å²) in [5.74, 6) is 0.105. The number of rotatable bonds is 4. The van der Waals surface area contributed by atoms with Crippen molar-refractivity contribution >= 4 is 5.69 Å². The van der Waals surface area contributed by atoms with Crippen LogP contribution >= 0.6 is 0 Å². The third-order valence-electron chi connectivity index (χ3n) is 5.48. The highest BCUT2D eigenvalue weighted by Crippen LogP contribution is 2.60. The summed E-state index contributed by atoms with van der Waals surface area (Å²) < 4.78 is 5.15. The maximum atomic E-state index is 9.98. The van der Waals surface area contributed by atoms with E-state index in [1.807, 2.05) is 54.6 Å². The van der Waals surface area contributed by atoms with E-state index in [9.17, 15) is 21.0 Å². The molecule has 28 heavy (non-hydrogen) atoms. The van der Waals surface area contributed by atoms with Crippen LogP contribution in [0.3, 0.4) is 0 Å². The van der Waals surface area contributed by atoms with Crippen molar-refractivity contribution in [3.8, 4) is 30.0 Å². The van der Waals surface area contributed by atoms with E-state index >= 15 is 0 Å². The molecule has 2 aromatic carbocycles. The van der Waals surface area contributed by atoms with Crippen LogP contribution in [-0.2, 0) is 0 Å². The number of benzene rings is 2. The van der Waals surface area contributed by atoms with Crippen molar-refractivity contribution in [3.05, 3.63) is 60.2 Å². The zero-order chi connectivity index (χ0) is 20.2. The first-order valence-electron chi connectivity index (χ1n) is 8.71. The van der Waals surface area contributed by atoms with Gasteiger partial charge in [0, 0.05) is 11.6 Å². The van der Waals surface area contributed by atoms with Gasteiger partial charge in [-0.15, -0.1) is 0 Å². The second-order valence-corrected chi connectivity index (χ2v) is 6.69. The van der Waals surface area contributed by atoms with Gasteiger partial charge in [0.25, 0.3) is 0 Å². The second-order valence-electron chi connectivity index (χ2n) is 6.69. The third-order valence-corrected chi connectivity index (χ3v) is 5.48. The maximum absolute atomic E-state index is 9.98. The van der Waals surface area contributed by atoms with E-state index in [0.29, 0.717) is 17.9 Å². The van der Waals surface area contributed by atoms with Crippen LogP contribution < -0.4 is 10.1 Å². The van der Waals surface area contributed by atoms with Gasteiger partial charge in [-0.1, -0.05) is 30.3 Å². The van der Waals surface area contributed by atoms with Crippen LogP contribution in [0.1, 0.15) is 17.9 Å². The number of anilines is 1. The van der Waals surface area contributed by atoms with Crippen LogP contribution in [0.2, 0.25) is 0 Å². The zero-order valence-electron chi connectivity index (χ0n) is 15.3. The van der Waals surface area contributed by atoms with Crippen molar-refractivity contribution in [2.75, 3.05) is 12.4 Å². The van der Waals surface area contributed by atoms with Crippen LogP contribution in [-0.4, -0.2) is 13.2 Å². The van der Waals surface area contributed by atoms with Crippen molar-refractivity contribution in [2.24, 2.45) is 10.8 Å². The van der Waals surface area contributed by atoms with Crippen LogP contribution in [0, 0.1) is 56.2 Å². The summed E-state index contributed by atoms with van der Waals surface area (Å²) in [7, 11) is 1.56. The minimum atomic E-state index is -1.82. The molecule has 1 saturated carbocycles. The lowest BCUT2D eigenvalue weighted by molar-refractivity contribution is 0.319. The number of methoxy groups -OCH3 is 1. The predicted molar refractivity (Wildman–Crippen MR) is 102 cm³/mol. The Labute approximate surface area is 163 Å². The third kappa shape index (κ3) is 2.61. The molecule has 0 aromatic heterocycles. The Bertz CT molecular complexity index is 990. The molecule has 1 aliphatic rings. The van der Waals surface area contributed by atoms with Gasteiger partial charge in [-0.25, -0.2) is 0 Å². The Kier molecular flexibility index (Phi) is 4.91. The van der Waals surface area contributed by atoms with Gasteiger partial charge in [0.15, 0.2) is 10.8 Å². The highest BCUT2D eigenvalue weighted by Gasteiger charge is 2.69. The van der Waals surface area contributed by atoms with Crippen LogP contribution in [0.5, 0.6) is 5.75 Å². The molecule has 0 bridgehead atoms. The molecule has 2 atom stereocenters. The highest BCUT2D eigenvalue weighted by atomic mass is 16.5. The summed E-state index contributed by atoms with van der Waals surface area (Å²) in [6, 6.07) is 23.6. The normalized spacial score (nSPS) is 21.3. The number of nitrogens with one attached hydrogen (secondary N) is 1. The molecule has 0 radical (unpaired) electrons. The van der Waals surface area contributed by atoms with Crippen molar-refractivity contribution < 1.29 is 4.74 Å². The van der Waals surface area contributed by atoms with Crippen molar-refractivity contribution in [1.29, 1.82) is 21.0 Å². The molecule has 3 rings (SSSR count). The average Bonchev–Trinajstić information content (AvgIpc) is 3.04. The van der Waals surface area contributed by atoms with Gasteiger partial charge < -0.3 is 10.1 Å². The lowest BCUT2D eigenvalue weighted by Crippen LogP contribution is -2.44. The number of nitrogens with zero attached hydrogens (tertiary/aromatic N) is 4. The number of ether oxygens (including phenoxy) is 1. The van der Waals surface area contributed by atoms with Crippen molar-refractivity contribution in [1.82, 2.24) is 0 Å². The SMILES string of the molecule is COc1ccc(NC2CC(c3ccccc3)C(C#N)(C#N)C2(C#N)C#N)cc1. The minimum Gasteiger partial charge on any atom is -0.497 e. The zero-order valence-corrected chi connectivity index (χ0v) is 15.3. The van der Waals surface area contributed by atoms with Crippen molar-refractivity contribution in [2.45, 2.75) is 18.4 Å². The molecular weight excluding hydrogens is 350 g/mol. The fourth-order valence-corrected chi connectivity index (χ4v) is 3.98. The monoisotopic (exact) mass is 367 g/mol. The summed E-state index contributed by atoms with van der Waals surface area (Å²) in [4.78, 5) is 0. The Morgan fingerprint density at radius 2 is 1.43 bits per heavy atom. The smallest absolute Gasteiger partial charge is 0.195 e. The standard InChI is InChI=1S/C22H17N5O/c1-28-18-9-7-17(8-10-18)27-20-11-19(16-5-3-2-4-6-16)21(12-23,13-24)22(20,14-25)15-26/h2-10,19-20,27H,11H2,1H3. The predicted octanol–water partition coefficient (Wildman–Crippen LogP) is 3.73. The molecule has 1 N–H and O–H groups in total. The molecular formula is C22H17N5O. The van der Waals surface area contributed by atoms with Gasteiger partial charge in [0.2, 0.25) is 0 Å². The van der Waals surface area contributed by atoms with Crippen molar-refractivity contribution in [3.63, 3.8) is 0 Å². The van der Waals surface area contributed by atoms with E-state index in [-0.39, 0.29) is 0 Å². The molecule has 1 fully saturated rings. The summed E-state index contributed by atoms with van der Waals surface area (Å²) in [6.07, 6.45) is 0.304. The number of hydrogen-bond donors (Lipinski definition) is 1. The quantitative estimate of drug-likeness (QED) is 0.880. The Morgan fingerprint density at radius 3 is 1.93 bits per heavy atom. The summed E-state index contributed by atoms with van der Waals surface area (Å²) in [5, 5.41) is 43.1. The Morgan fingerprint density at radius 1 is 0.857 bits per heavy atom. The molecule has 2 unspecified atom stereocenters. The highest BCUT2D eigenvalue weighted by molar-refractivity contribution is 5.54. The van der Waals surface area contributed by atoms with Crippen LogP contribution in [0.25, 0.3) is 0 Å². The van der Waals surface area contributed by atoms with Gasteiger partial charge in [-0.3, -0.25) is 0 Å². The van der Waals surface area contributed by atoms with Gasteiger partial charge in [0.05, 0.1) is 37.4 Å². The van der Waals surface area contributed by atoms with Gasteiger partial charge in [-0.05, 0) is 36.2 Å². The van der Waals surface area contributed by atoms with Gasteiger partial charge in [0.1, 0.15) is 5.75 Å². The molecule has 6 nitrogen and oxygen atoms in total. The van der Waals surface area contributed by atoms with Gasteiger partial charge >= 0.3 is 0 Å². The first kappa shape index (κ1) is 18.8. The topological polar surface area (TPSA) is 116 Å². The van der Waals surface area contributed by atoms with Gasteiger partial charge in [-0.2, -0.15) is 21.0 Å². The largest absolute Gasteiger partial charge is 0.497 e. The average molecular weight is 367 g/mol. The lowest BCUT2D eigenvalue weighted by Gasteiger charge is -2.31. The molecule has 6 heteroatoms. The fraction of sp³-hybridized carbons (Fsp3) is 0.273. The number of hydrogen-bond acceptors (Lipinski definition) is 6. The van der Waals surface area contributed by atoms with Crippen LogP contribution in [0.4, 0.5) is 5.69 Å². The Hall–Kier alpha value is -4.00. The van der Waals surface area contributed by atoms with E-state index in [2.05, 4.69) is 5.32 Å². The number of nitriles is 4. The summed E-state index contributed by atoms with van der Waals surface area (Å²) >= 11 is 0. The molecule has 0 spiro atoms. The summed E-state index contributed by atoms with van der Waals surface area (Å²) in [5.41, 5.74) is -2.17. The molecule has 0 saturated heterocycles. The Balaban J connectivity index is 2.10. The second kappa shape index (κ2) is 7.32. The van der Waals surface area contributed by atoms with E-state index in [1.165, 1.54) is 0 Å². The summed E-state index contributed by atoms with van der Waals surface area (Å²) in [6.45, 7) is 0. The van der Waals surface area contributed by atoms with E-state index in [0.717, 1.165) is 5.56 Å². The molecule has 0 amide bonds. The minimum absolute atomic E-state index is 0.304. The molecule has 1 aliphatic carbocycles. The van der Waals surface area contributed by atoms with E-state index in [1.54, 1.807) is 31.4 Å². The molecule has 136 valence electrons. The first-order chi connectivity index (χ1) is 13.6.